The number of hydrogen-bond acceptors (Lipinski definition) is 2. The maximum absolute atomic E-state index is 12.0. The van der Waals surface area contributed by atoms with Crippen LogP contribution in [-0.2, 0) is 0 Å². The molecule has 0 atom stereocenters. The second-order valence-corrected chi connectivity index (χ2v) is 4.32. The summed E-state index contributed by atoms with van der Waals surface area (Å²) in [6.45, 7) is 0. The average Bonchev–Trinajstić information content (AvgIpc) is 2.48. The molecule has 0 radical (unpaired) electrons. The van der Waals surface area contributed by atoms with Gasteiger partial charge in [-0.1, -0.05) is 41.9 Å². The minimum Gasteiger partial charge on any atom is -0.289 e. The van der Waals surface area contributed by atoms with Gasteiger partial charge in [-0.15, -0.1) is 0 Å². The van der Waals surface area contributed by atoms with E-state index >= 15 is 0 Å². The normalized spacial score (nSPS) is 10.8. The first-order chi connectivity index (χ1) is 9.20. The number of rotatable bonds is 3. The molecule has 0 fully saturated rings. The Bertz CT molecular complexity index is 651. The van der Waals surface area contributed by atoms with Crippen molar-refractivity contribution in [2.24, 2.45) is 0 Å². The molecular formula is C16H10ClNO. The van der Waals surface area contributed by atoms with Crippen LogP contribution in [0, 0.1) is 11.3 Å². The lowest BCUT2D eigenvalue weighted by Crippen LogP contribution is -1.95. The van der Waals surface area contributed by atoms with Crippen molar-refractivity contribution < 1.29 is 4.79 Å². The van der Waals surface area contributed by atoms with E-state index in [-0.39, 0.29) is 5.78 Å². The minimum absolute atomic E-state index is 0.182. The molecule has 0 amide bonds. The van der Waals surface area contributed by atoms with Crippen LogP contribution in [0.5, 0.6) is 0 Å². The Hall–Kier alpha value is -2.37. The average molecular weight is 268 g/mol. The van der Waals surface area contributed by atoms with Gasteiger partial charge in [0.2, 0.25) is 0 Å². The second-order valence-electron chi connectivity index (χ2n) is 3.91. The zero-order valence-corrected chi connectivity index (χ0v) is 10.8. The molecule has 3 heteroatoms. The third kappa shape index (κ3) is 3.31. The third-order valence-corrected chi connectivity index (χ3v) is 2.93. The summed E-state index contributed by atoms with van der Waals surface area (Å²) >= 11 is 6.10. The lowest BCUT2D eigenvalue weighted by Gasteiger charge is -1.99. The van der Waals surface area contributed by atoms with Gasteiger partial charge < -0.3 is 0 Å². The first kappa shape index (κ1) is 13.1. The fraction of sp³-hybridized carbons (Fsp3) is 0. The summed E-state index contributed by atoms with van der Waals surface area (Å²) in [5.74, 6) is -0.182. The van der Waals surface area contributed by atoms with Crippen molar-refractivity contribution >= 4 is 22.4 Å². The Morgan fingerprint density at radius 1 is 1.00 bits per heavy atom. The number of benzene rings is 2. The summed E-state index contributed by atoms with van der Waals surface area (Å²) in [6.07, 6.45) is 1.39. The largest absolute Gasteiger partial charge is 0.289 e. The zero-order chi connectivity index (χ0) is 13.7. The first-order valence-corrected chi connectivity index (χ1v) is 6.05. The molecule has 0 spiro atoms. The van der Waals surface area contributed by atoms with Gasteiger partial charge >= 0.3 is 0 Å². The van der Waals surface area contributed by atoms with Crippen LogP contribution in [0.2, 0.25) is 0 Å². The summed E-state index contributed by atoms with van der Waals surface area (Å²) in [4.78, 5) is 12.0. The van der Waals surface area contributed by atoms with Crippen molar-refractivity contribution in [3.63, 3.8) is 0 Å². The number of nitrogens with zero attached hydrogens (tertiary/aromatic N) is 1. The quantitative estimate of drug-likeness (QED) is 0.622. The molecule has 0 bridgehead atoms. The van der Waals surface area contributed by atoms with Crippen LogP contribution in [0.3, 0.4) is 0 Å². The molecule has 0 saturated carbocycles. The molecule has 2 rings (SSSR count). The Balaban J connectivity index is 2.23. The summed E-state index contributed by atoms with van der Waals surface area (Å²) in [7, 11) is 0. The SMILES string of the molecule is N#Cc1ccc(C(=O)/C=C(\Cl)c2ccccc2)cc1. The lowest BCUT2D eigenvalue weighted by atomic mass is 10.1. The highest BCUT2D eigenvalue weighted by Crippen LogP contribution is 2.19. The summed E-state index contributed by atoms with van der Waals surface area (Å²) < 4.78 is 0. The predicted molar refractivity (Wildman–Crippen MR) is 75.8 cm³/mol. The van der Waals surface area contributed by atoms with Crippen molar-refractivity contribution in [1.29, 1.82) is 5.26 Å². The highest BCUT2D eigenvalue weighted by molar-refractivity contribution is 6.50. The van der Waals surface area contributed by atoms with Gasteiger partial charge in [0.15, 0.2) is 5.78 Å². The van der Waals surface area contributed by atoms with E-state index in [1.165, 1.54) is 6.08 Å². The molecule has 19 heavy (non-hydrogen) atoms. The number of ketones is 1. The number of carbonyl (C=O) groups excluding carboxylic acids is 1. The van der Waals surface area contributed by atoms with Crippen LogP contribution >= 0.6 is 11.6 Å². The van der Waals surface area contributed by atoms with Crippen LogP contribution in [0.4, 0.5) is 0 Å². The molecule has 0 aromatic heterocycles. The monoisotopic (exact) mass is 267 g/mol. The van der Waals surface area contributed by atoms with Gasteiger partial charge in [-0.3, -0.25) is 4.79 Å². The molecule has 2 nitrogen and oxygen atoms in total. The van der Waals surface area contributed by atoms with Gasteiger partial charge in [0.1, 0.15) is 0 Å². The van der Waals surface area contributed by atoms with E-state index in [1.54, 1.807) is 24.3 Å². The van der Waals surface area contributed by atoms with E-state index in [0.29, 0.717) is 16.2 Å². The second kappa shape index (κ2) is 5.99. The van der Waals surface area contributed by atoms with Crippen LogP contribution < -0.4 is 0 Å². The number of carbonyl (C=O) groups is 1. The minimum atomic E-state index is -0.182. The van der Waals surface area contributed by atoms with E-state index in [2.05, 4.69) is 0 Å². The predicted octanol–water partition coefficient (Wildman–Crippen LogP) is 4.02. The highest BCUT2D eigenvalue weighted by Gasteiger charge is 2.05. The Morgan fingerprint density at radius 3 is 2.21 bits per heavy atom. The Kier molecular flexibility index (Phi) is 4.12. The highest BCUT2D eigenvalue weighted by atomic mass is 35.5. The molecule has 0 aliphatic carbocycles. The standard InChI is InChI=1S/C16H10ClNO/c17-15(13-4-2-1-3-5-13)10-16(19)14-8-6-12(11-18)7-9-14/h1-10H/b15-10-. The fourth-order valence-corrected chi connectivity index (χ4v) is 1.81. The molecular weight excluding hydrogens is 258 g/mol. The maximum Gasteiger partial charge on any atom is 0.187 e. The van der Waals surface area contributed by atoms with Crippen LogP contribution in [0.1, 0.15) is 21.5 Å². The molecule has 0 unspecified atom stereocenters. The number of hydrogen-bond donors (Lipinski definition) is 0. The van der Waals surface area contributed by atoms with Crippen LogP contribution in [0.25, 0.3) is 5.03 Å². The van der Waals surface area contributed by atoms with Crippen molar-refractivity contribution in [1.82, 2.24) is 0 Å². The summed E-state index contributed by atoms with van der Waals surface area (Å²) in [5, 5.41) is 9.09. The maximum atomic E-state index is 12.0. The van der Waals surface area contributed by atoms with Gasteiger partial charge in [0.25, 0.3) is 0 Å². The van der Waals surface area contributed by atoms with Gasteiger partial charge in [-0.05, 0) is 29.8 Å². The number of halogens is 1. The molecule has 0 heterocycles. The van der Waals surface area contributed by atoms with Crippen LogP contribution in [0.15, 0.2) is 60.7 Å². The molecule has 0 aliphatic rings. The van der Waals surface area contributed by atoms with Gasteiger partial charge in [0.05, 0.1) is 16.7 Å². The fourth-order valence-electron chi connectivity index (χ4n) is 1.59. The van der Waals surface area contributed by atoms with E-state index in [1.807, 2.05) is 36.4 Å². The molecule has 0 N–H and O–H groups in total. The first-order valence-electron chi connectivity index (χ1n) is 5.68. The van der Waals surface area contributed by atoms with Gasteiger partial charge in [0, 0.05) is 11.6 Å². The molecule has 92 valence electrons. The van der Waals surface area contributed by atoms with Crippen LogP contribution in [-0.4, -0.2) is 5.78 Å². The van der Waals surface area contributed by atoms with Gasteiger partial charge in [-0.25, -0.2) is 0 Å². The zero-order valence-electron chi connectivity index (χ0n) is 10.0. The summed E-state index contributed by atoms with van der Waals surface area (Å²) in [6, 6.07) is 17.7. The Labute approximate surface area is 116 Å². The van der Waals surface area contributed by atoms with E-state index < -0.39 is 0 Å². The number of allylic oxidation sites excluding steroid dienone is 1. The summed E-state index contributed by atoms with van der Waals surface area (Å²) in [5.41, 5.74) is 1.83. The lowest BCUT2D eigenvalue weighted by molar-refractivity contribution is 0.104. The number of nitriles is 1. The van der Waals surface area contributed by atoms with Gasteiger partial charge in [-0.2, -0.15) is 5.26 Å². The molecule has 2 aromatic carbocycles. The van der Waals surface area contributed by atoms with E-state index in [4.69, 9.17) is 16.9 Å². The van der Waals surface area contributed by atoms with Crippen molar-refractivity contribution in [2.75, 3.05) is 0 Å². The van der Waals surface area contributed by atoms with Crippen molar-refractivity contribution in [3.8, 4) is 6.07 Å². The van der Waals surface area contributed by atoms with Crippen molar-refractivity contribution in [3.05, 3.63) is 77.4 Å². The van der Waals surface area contributed by atoms with Crippen molar-refractivity contribution in [2.45, 2.75) is 0 Å². The Morgan fingerprint density at radius 2 is 1.63 bits per heavy atom. The smallest absolute Gasteiger partial charge is 0.187 e. The molecule has 0 saturated heterocycles. The van der Waals surface area contributed by atoms with E-state index in [0.717, 1.165) is 5.56 Å². The topological polar surface area (TPSA) is 40.9 Å². The molecule has 2 aromatic rings. The van der Waals surface area contributed by atoms with E-state index in [9.17, 15) is 4.79 Å². The molecule has 0 aliphatic heterocycles. The third-order valence-electron chi connectivity index (χ3n) is 2.61.